The fraction of sp³-hybridized carbons (Fsp3) is 1.00. The Hall–Kier alpha value is -0.160. The highest BCUT2D eigenvalue weighted by molar-refractivity contribution is 4.86. The highest BCUT2D eigenvalue weighted by atomic mass is 16.5. The van der Waals surface area contributed by atoms with Crippen molar-refractivity contribution in [1.29, 1.82) is 0 Å². The van der Waals surface area contributed by atoms with Gasteiger partial charge in [0.15, 0.2) is 0 Å². The molecule has 0 aromatic carbocycles. The van der Waals surface area contributed by atoms with Gasteiger partial charge in [-0.3, -0.25) is 0 Å². The molecule has 0 aliphatic heterocycles. The van der Waals surface area contributed by atoms with E-state index in [1.54, 1.807) is 0 Å². The molecule has 1 saturated carbocycles. The summed E-state index contributed by atoms with van der Waals surface area (Å²) in [6.45, 7) is 3.07. The Balaban J connectivity index is 1.95. The molecule has 3 N–H and O–H groups in total. The Labute approximate surface area is 78.9 Å². The molecular formula is C9H19NO3. The molecule has 0 unspecified atom stereocenters. The minimum Gasteiger partial charge on any atom is -0.394 e. The number of rotatable bonds is 6. The molecule has 78 valence electrons. The summed E-state index contributed by atoms with van der Waals surface area (Å²) in [5.41, 5.74) is 0. The summed E-state index contributed by atoms with van der Waals surface area (Å²) in [5, 5.41) is 20.8. The van der Waals surface area contributed by atoms with Gasteiger partial charge in [-0.05, 0) is 19.8 Å². The van der Waals surface area contributed by atoms with Crippen LogP contribution in [0.15, 0.2) is 0 Å². The SMILES string of the molecule is CCOC1CC(NC[C@H](O)CO)C1. The van der Waals surface area contributed by atoms with E-state index in [1.807, 2.05) is 6.92 Å². The molecule has 1 aliphatic carbocycles. The molecule has 1 atom stereocenters. The summed E-state index contributed by atoms with van der Waals surface area (Å²) in [6.07, 6.45) is 1.80. The standard InChI is InChI=1S/C9H19NO3/c1-2-13-9-3-7(4-9)10-5-8(12)6-11/h7-12H,2-6H2,1H3/t7?,8-,9?/m0/s1. The summed E-state index contributed by atoms with van der Waals surface area (Å²) in [4.78, 5) is 0. The monoisotopic (exact) mass is 189 g/mol. The highest BCUT2D eigenvalue weighted by Crippen LogP contribution is 2.22. The Morgan fingerprint density at radius 2 is 2.23 bits per heavy atom. The lowest BCUT2D eigenvalue weighted by atomic mass is 9.89. The van der Waals surface area contributed by atoms with Crippen LogP contribution in [-0.2, 0) is 4.74 Å². The fourth-order valence-corrected chi connectivity index (χ4v) is 1.47. The molecule has 4 heteroatoms. The first-order valence-electron chi connectivity index (χ1n) is 4.90. The molecule has 0 heterocycles. The van der Waals surface area contributed by atoms with Gasteiger partial charge in [0.1, 0.15) is 0 Å². The molecule has 1 rings (SSSR count). The topological polar surface area (TPSA) is 61.7 Å². The maximum absolute atomic E-state index is 9.05. The number of ether oxygens (including phenoxy) is 1. The third-order valence-electron chi connectivity index (χ3n) is 2.35. The zero-order chi connectivity index (χ0) is 9.68. The maximum atomic E-state index is 9.05. The molecule has 0 bridgehead atoms. The number of aliphatic hydroxyl groups excluding tert-OH is 2. The van der Waals surface area contributed by atoms with E-state index in [-0.39, 0.29) is 6.61 Å². The average molecular weight is 189 g/mol. The molecule has 0 amide bonds. The van der Waals surface area contributed by atoms with E-state index in [2.05, 4.69) is 5.32 Å². The van der Waals surface area contributed by atoms with Gasteiger partial charge in [0.25, 0.3) is 0 Å². The van der Waals surface area contributed by atoms with Crippen molar-refractivity contribution in [2.24, 2.45) is 0 Å². The van der Waals surface area contributed by atoms with E-state index in [0.29, 0.717) is 18.7 Å². The molecular weight excluding hydrogens is 170 g/mol. The van der Waals surface area contributed by atoms with Gasteiger partial charge in [0, 0.05) is 19.2 Å². The first-order chi connectivity index (χ1) is 6.26. The third-order valence-corrected chi connectivity index (χ3v) is 2.35. The minimum atomic E-state index is -0.633. The fourth-order valence-electron chi connectivity index (χ4n) is 1.47. The summed E-state index contributed by atoms with van der Waals surface area (Å²) in [5.74, 6) is 0. The van der Waals surface area contributed by atoms with Crippen molar-refractivity contribution in [2.75, 3.05) is 19.8 Å². The zero-order valence-electron chi connectivity index (χ0n) is 8.07. The van der Waals surface area contributed by atoms with Crippen molar-refractivity contribution in [3.63, 3.8) is 0 Å². The molecule has 0 spiro atoms. The highest BCUT2D eigenvalue weighted by Gasteiger charge is 2.29. The average Bonchev–Trinajstić information content (AvgIpc) is 2.08. The quantitative estimate of drug-likeness (QED) is 0.527. The van der Waals surface area contributed by atoms with Crippen LogP contribution in [0.2, 0.25) is 0 Å². The summed E-state index contributed by atoms with van der Waals surface area (Å²) in [7, 11) is 0. The lowest BCUT2D eigenvalue weighted by Gasteiger charge is -2.35. The lowest BCUT2D eigenvalue weighted by molar-refractivity contribution is -0.0137. The van der Waals surface area contributed by atoms with E-state index in [4.69, 9.17) is 14.9 Å². The summed E-state index contributed by atoms with van der Waals surface area (Å²) in [6, 6.07) is 0.456. The number of nitrogens with one attached hydrogen (secondary N) is 1. The molecule has 1 aliphatic rings. The number of hydrogen-bond donors (Lipinski definition) is 3. The smallest absolute Gasteiger partial charge is 0.0895 e. The van der Waals surface area contributed by atoms with Crippen LogP contribution in [0, 0.1) is 0 Å². The van der Waals surface area contributed by atoms with Crippen molar-refractivity contribution < 1.29 is 14.9 Å². The second-order valence-corrected chi connectivity index (χ2v) is 3.49. The molecule has 13 heavy (non-hydrogen) atoms. The van der Waals surface area contributed by atoms with Gasteiger partial charge in [-0.2, -0.15) is 0 Å². The van der Waals surface area contributed by atoms with Crippen LogP contribution >= 0.6 is 0 Å². The van der Waals surface area contributed by atoms with E-state index in [9.17, 15) is 0 Å². The van der Waals surface area contributed by atoms with Crippen LogP contribution in [0.1, 0.15) is 19.8 Å². The minimum absolute atomic E-state index is 0.172. The molecule has 0 saturated heterocycles. The predicted octanol–water partition coefficient (Wildman–Crippen LogP) is -0.503. The number of aliphatic hydroxyl groups is 2. The van der Waals surface area contributed by atoms with Crippen LogP contribution in [0.3, 0.4) is 0 Å². The lowest BCUT2D eigenvalue weighted by Crippen LogP contribution is -2.48. The van der Waals surface area contributed by atoms with E-state index in [1.165, 1.54) is 0 Å². The van der Waals surface area contributed by atoms with E-state index in [0.717, 1.165) is 19.4 Å². The molecule has 0 aromatic heterocycles. The number of hydrogen-bond acceptors (Lipinski definition) is 4. The Morgan fingerprint density at radius 3 is 2.77 bits per heavy atom. The van der Waals surface area contributed by atoms with Gasteiger partial charge in [-0.15, -0.1) is 0 Å². The summed E-state index contributed by atoms with van der Waals surface area (Å²) < 4.78 is 5.39. The van der Waals surface area contributed by atoms with Crippen molar-refractivity contribution in [3.8, 4) is 0 Å². The summed E-state index contributed by atoms with van der Waals surface area (Å²) >= 11 is 0. The van der Waals surface area contributed by atoms with Crippen molar-refractivity contribution in [1.82, 2.24) is 5.32 Å². The van der Waals surface area contributed by atoms with E-state index >= 15 is 0 Å². The second kappa shape index (κ2) is 5.54. The van der Waals surface area contributed by atoms with Gasteiger partial charge >= 0.3 is 0 Å². The van der Waals surface area contributed by atoms with Crippen molar-refractivity contribution in [3.05, 3.63) is 0 Å². The second-order valence-electron chi connectivity index (χ2n) is 3.49. The van der Waals surface area contributed by atoms with E-state index < -0.39 is 6.10 Å². The maximum Gasteiger partial charge on any atom is 0.0895 e. The third kappa shape index (κ3) is 3.60. The van der Waals surface area contributed by atoms with Gasteiger partial charge in [0.2, 0.25) is 0 Å². The van der Waals surface area contributed by atoms with Crippen molar-refractivity contribution in [2.45, 2.75) is 38.0 Å². The first kappa shape index (κ1) is 10.9. The van der Waals surface area contributed by atoms with Crippen LogP contribution in [-0.4, -0.2) is 48.2 Å². The first-order valence-corrected chi connectivity index (χ1v) is 4.90. The van der Waals surface area contributed by atoms with Gasteiger partial charge < -0.3 is 20.3 Å². The van der Waals surface area contributed by atoms with Gasteiger partial charge in [0.05, 0.1) is 18.8 Å². The van der Waals surface area contributed by atoms with Crippen LogP contribution < -0.4 is 5.32 Å². The normalized spacial score (nSPS) is 29.8. The van der Waals surface area contributed by atoms with Crippen LogP contribution in [0.4, 0.5) is 0 Å². The van der Waals surface area contributed by atoms with Crippen LogP contribution in [0.5, 0.6) is 0 Å². The Kier molecular flexibility index (Phi) is 4.66. The molecule has 4 nitrogen and oxygen atoms in total. The Bertz CT molecular complexity index is 137. The molecule has 0 aromatic rings. The Morgan fingerprint density at radius 1 is 1.54 bits per heavy atom. The zero-order valence-corrected chi connectivity index (χ0v) is 8.07. The van der Waals surface area contributed by atoms with Gasteiger partial charge in [-0.25, -0.2) is 0 Å². The molecule has 1 fully saturated rings. The van der Waals surface area contributed by atoms with Gasteiger partial charge in [-0.1, -0.05) is 0 Å². The molecule has 0 radical (unpaired) electrons. The van der Waals surface area contributed by atoms with Crippen molar-refractivity contribution >= 4 is 0 Å². The van der Waals surface area contributed by atoms with Crippen LogP contribution in [0.25, 0.3) is 0 Å². The largest absolute Gasteiger partial charge is 0.394 e. The predicted molar refractivity (Wildman–Crippen MR) is 49.5 cm³/mol.